The first kappa shape index (κ1) is 12.5. The van der Waals surface area contributed by atoms with E-state index in [9.17, 15) is 4.79 Å². The van der Waals surface area contributed by atoms with E-state index in [0.717, 1.165) is 12.8 Å². The van der Waals surface area contributed by atoms with Crippen LogP contribution >= 0.6 is 0 Å². The van der Waals surface area contributed by atoms with E-state index in [4.69, 9.17) is 0 Å². The molecule has 1 heterocycles. The zero-order chi connectivity index (χ0) is 12.4. The fraction of sp³-hybridized carbons (Fsp3) is 0.933. The van der Waals surface area contributed by atoms with Crippen molar-refractivity contribution in [3.05, 3.63) is 0 Å². The second-order valence-corrected chi connectivity index (χ2v) is 6.70. The fourth-order valence-corrected chi connectivity index (χ4v) is 4.14. The van der Waals surface area contributed by atoms with E-state index < -0.39 is 0 Å². The van der Waals surface area contributed by atoms with Crippen LogP contribution in [0.1, 0.15) is 57.8 Å². The van der Waals surface area contributed by atoms with Gasteiger partial charge in [0.2, 0.25) is 5.91 Å². The fourth-order valence-electron chi connectivity index (χ4n) is 4.14. The third-order valence-electron chi connectivity index (χ3n) is 5.35. The monoisotopic (exact) mass is 250 g/mol. The molecular weight excluding hydrogens is 224 g/mol. The van der Waals surface area contributed by atoms with Gasteiger partial charge in [0.1, 0.15) is 0 Å². The molecular formula is C15H26N2O. The molecule has 18 heavy (non-hydrogen) atoms. The molecule has 3 nitrogen and oxygen atoms in total. The van der Waals surface area contributed by atoms with Crippen molar-refractivity contribution in [3.8, 4) is 0 Å². The first-order chi connectivity index (χ1) is 8.77. The Labute approximate surface area is 110 Å². The van der Waals surface area contributed by atoms with Gasteiger partial charge in [0, 0.05) is 12.0 Å². The largest absolute Gasteiger partial charge is 0.353 e. The molecule has 0 bridgehead atoms. The Kier molecular flexibility index (Phi) is 3.60. The topological polar surface area (TPSA) is 41.1 Å². The predicted octanol–water partition coefficient (Wildman–Crippen LogP) is 2.22. The van der Waals surface area contributed by atoms with E-state index in [1.807, 2.05) is 0 Å². The normalized spacial score (nSPS) is 28.9. The summed E-state index contributed by atoms with van der Waals surface area (Å²) in [6.07, 6.45) is 11.1. The average Bonchev–Trinajstić information content (AvgIpc) is 2.39. The highest BCUT2D eigenvalue weighted by atomic mass is 16.1. The van der Waals surface area contributed by atoms with E-state index in [-0.39, 0.29) is 0 Å². The summed E-state index contributed by atoms with van der Waals surface area (Å²) in [7, 11) is 0. The average molecular weight is 250 g/mol. The lowest BCUT2D eigenvalue weighted by atomic mass is 9.60. The highest BCUT2D eigenvalue weighted by Gasteiger charge is 2.45. The van der Waals surface area contributed by atoms with Gasteiger partial charge < -0.3 is 10.6 Å². The smallest absolute Gasteiger partial charge is 0.223 e. The Balaban J connectivity index is 1.43. The van der Waals surface area contributed by atoms with Crippen LogP contribution in [0, 0.1) is 11.3 Å². The predicted molar refractivity (Wildman–Crippen MR) is 72.3 cm³/mol. The third kappa shape index (κ3) is 2.56. The van der Waals surface area contributed by atoms with Crippen LogP contribution in [0.4, 0.5) is 0 Å². The second-order valence-electron chi connectivity index (χ2n) is 6.70. The van der Waals surface area contributed by atoms with E-state index in [1.54, 1.807) is 0 Å². The summed E-state index contributed by atoms with van der Waals surface area (Å²) >= 11 is 0. The summed E-state index contributed by atoms with van der Waals surface area (Å²) in [5, 5.41) is 6.73. The highest BCUT2D eigenvalue weighted by Crippen LogP contribution is 2.47. The van der Waals surface area contributed by atoms with Crippen molar-refractivity contribution < 1.29 is 4.79 Å². The maximum atomic E-state index is 12.1. The Morgan fingerprint density at radius 2 is 1.72 bits per heavy atom. The van der Waals surface area contributed by atoms with Crippen LogP contribution in [-0.4, -0.2) is 25.0 Å². The van der Waals surface area contributed by atoms with Crippen LogP contribution in [0.5, 0.6) is 0 Å². The van der Waals surface area contributed by atoms with Crippen molar-refractivity contribution in [2.75, 3.05) is 13.1 Å². The van der Waals surface area contributed by atoms with Gasteiger partial charge in [-0.15, -0.1) is 0 Å². The van der Waals surface area contributed by atoms with Crippen molar-refractivity contribution in [3.63, 3.8) is 0 Å². The van der Waals surface area contributed by atoms with E-state index in [2.05, 4.69) is 10.6 Å². The molecule has 3 rings (SSSR count). The molecule has 2 N–H and O–H groups in total. The van der Waals surface area contributed by atoms with Gasteiger partial charge in [0.15, 0.2) is 0 Å². The van der Waals surface area contributed by atoms with Crippen LogP contribution in [0.25, 0.3) is 0 Å². The molecule has 102 valence electrons. The van der Waals surface area contributed by atoms with Gasteiger partial charge in [-0.2, -0.15) is 0 Å². The lowest BCUT2D eigenvalue weighted by Crippen LogP contribution is -2.55. The Hall–Kier alpha value is -0.570. The molecule has 3 heteroatoms. The van der Waals surface area contributed by atoms with Gasteiger partial charge in [-0.05, 0) is 57.0 Å². The lowest BCUT2D eigenvalue weighted by Gasteiger charge is -2.50. The maximum absolute atomic E-state index is 12.1. The molecule has 1 spiro atoms. The van der Waals surface area contributed by atoms with Gasteiger partial charge in [-0.1, -0.05) is 19.3 Å². The quantitative estimate of drug-likeness (QED) is 0.789. The van der Waals surface area contributed by atoms with Crippen molar-refractivity contribution in [1.29, 1.82) is 0 Å². The standard InChI is InChI=1S/C15H26N2O/c18-14(12-4-2-1-3-5-12)17-13-10-15(11-13)6-8-16-9-7-15/h12-13,16H,1-11H2,(H,17,18). The number of carbonyl (C=O) groups is 1. The number of hydrogen-bond donors (Lipinski definition) is 2. The molecule has 2 aliphatic carbocycles. The third-order valence-corrected chi connectivity index (χ3v) is 5.35. The van der Waals surface area contributed by atoms with Crippen molar-refractivity contribution in [2.45, 2.75) is 63.8 Å². The number of nitrogens with one attached hydrogen (secondary N) is 2. The van der Waals surface area contributed by atoms with Crippen LogP contribution in [-0.2, 0) is 4.79 Å². The van der Waals surface area contributed by atoms with Gasteiger partial charge in [-0.25, -0.2) is 0 Å². The van der Waals surface area contributed by atoms with Crippen LogP contribution < -0.4 is 10.6 Å². The molecule has 1 aliphatic heterocycles. The van der Waals surface area contributed by atoms with Gasteiger partial charge in [0.25, 0.3) is 0 Å². The summed E-state index contributed by atoms with van der Waals surface area (Å²) in [4.78, 5) is 12.1. The molecule has 0 unspecified atom stereocenters. The Bertz CT molecular complexity index is 296. The summed E-state index contributed by atoms with van der Waals surface area (Å²) < 4.78 is 0. The first-order valence-electron chi connectivity index (χ1n) is 7.79. The maximum Gasteiger partial charge on any atom is 0.223 e. The molecule has 0 aromatic rings. The Morgan fingerprint density at radius 1 is 1.06 bits per heavy atom. The number of rotatable bonds is 2. The van der Waals surface area contributed by atoms with Gasteiger partial charge in [0.05, 0.1) is 0 Å². The number of piperidine rings is 1. The van der Waals surface area contributed by atoms with Gasteiger partial charge >= 0.3 is 0 Å². The minimum absolute atomic E-state index is 0.323. The van der Waals surface area contributed by atoms with E-state index >= 15 is 0 Å². The number of amides is 1. The van der Waals surface area contributed by atoms with Crippen molar-refractivity contribution in [1.82, 2.24) is 10.6 Å². The molecule has 2 saturated carbocycles. The molecule has 0 radical (unpaired) electrons. The highest BCUT2D eigenvalue weighted by molar-refractivity contribution is 5.79. The molecule has 1 saturated heterocycles. The minimum atomic E-state index is 0.323. The van der Waals surface area contributed by atoms with Crippen molar-refractivity contribution >= 4 is 5.91 Å². The van der Waals surface area contributed by atoms with Crippen molar-refractivity contribution in [2.24, 2.45) is 11.3 Å². The number of hydrogen-bond acceptors (Lipinski definition) is 2. The van der Waals surface area contributed by atoms with Crippen LogP contribution in [0.15, 0.2) is 0 Å². The van der Waals surface area contributed by atoms with Crippen LogP contribution in [0.2, 0.25) is 0 Å². The van der Waals surface area contributed by atoms with E-state index in [1.165, 1.54) is 58.0 Å². The molecule has 0 aromatic carbocycles. The summed E-state index contributed by atoms with van der Waals surface area (Å²) in [5.74, 6) is 0.673. The zero-order valence-corrected chi connectivity index (χ0v) is 11.3. The molecule has 0 atom stereocenters. The molecule has 3 aliphatic rings. The second kappa shape index (κ2) is 5.20. The van der Waals surface area contributed by atoms with Gasteiger partial charge in [-0.3, -0.25) is 4.79 Å². The molecule has 3 fully saturated rings. The Morgan fingerprint density at radius 3 is 2.39 bits per heavy atom. The number of carbonyl (C=O) groups excluding carboxylic acids is 1. The lowest BCUT2D eigenvalue weighted by molar-refractivity contribution is -0.128. The minimum Gasteiger partial charge on any atom is -0.353 e. The summed E-state index contributed by atoms with van der Waals surface area (Å²) in [6, 6.07) is 0.484. The molecule has 0 aromatic heterocycles. The SMILES string of the molecule is O=C(NC1CC2(CCNCC2)C1)C1CCCCC1. The van der Waals surface area contributed by atoms with E-state index in [0.29, 0.717) is 23.3 Å². The molecule has 1 amide bonds. The summed E-state index contributed by atoms with van der Waals surface area (Å²) in [6.45, 7) is 2.34. The first-order valence-corrected chi connectivity index (χ1v) is 7.79. The van der Waals surface area contributed by atoms with Crippen LogP contribution in [0.3, 0.4) is 0 Å². The zero-order valence-electron chi connectivity index (χ0n) is 11.3. The summed E-state index contributed by atoms with van der Waals surface area (Å²) in [5.41, 5.74) is 0.579.